The Kier molecular flexibility index (Phi) is 6.12. The number of nitrogens with one attached hydrogen (secondary N) is 4. The molecule has 7 nitrogen and oxygen atoms in total. The highest BCUT2D eigenvalue weighted by molar-refractivity contribution is 8.15. The first-order chi connectivity index (χ1) is 13.8. The van der Waals surface area contributed by atoms with E-state index in [2.05, 4.69) is 20.6 Å². The van der Waals surface area contributed by atoms with Crippen LogP contribution in [0.4, 0.5) is 5.82 Å². The molecule has 1 aromatic carbocycles. The summed E-state index contributed by atoms with van der Waals surface area (Å²) < 4.78 is 0. The van der Waals surface area contributed by atoms with E-state index in [-0.39, 0.29) is 11.9 Å². The molecule has 0 atom stereocenters. The monoisotopic (exact) mass is 408 g/mol. The highest BCUT2D eigenvalue weighted by atomic mass is 32.2. The second-order valence-electron chi connectivity index (χ2n) is 7.13. The molecule has 0 bridgehead atoms. The van der Waals surface area contributed by atoms with E-state index in [1.807, 2.05) is 32.9 Å². The van der Waals surface area contributed by atoms with Gasteiger partial charge in [-0.2, -0.15) is 0 Å². The molecule has 1 aliphatic rings. The molecular weight excluding hydrogens is 384 g/mol. The molecule has 150 valence electrons. The van der Waals surface area contributed by atoms with E-state index >= 15 is 0 Å². The standard InChI is InChI=1S/C21H24N6OS/c1-11(2)27-21(28)15-7-5-14(6-8-15)9-24-20-18-17(25-10-26-20)16(19(23)29-18)12(3)13(4)22/h5-8,10-11,22-23H,9H2,1-4H3,(H,27,28)(H,24,25,26)/b16-12-,22-13?,23-19?. The minimum Gasteiger partial charge on any atom is -0.365 e. The van der Waals surface area contributed by atoms with Crippen LogP contribution in [0.3, 0.4) is 0 Å². The first-order valence-corrected chi connectivity index (χ1v) is 10.1. The lowest BCUT2D eigenvalue weighted by atomic mass is 10.0. The largest absolute Gasteiger partial charge is 0.365 e. The first-order valence-electron chi connectivity index (χ1n) is 9.30. The number of carbonyl (C=O) groups excluding carboxylic acids is 1. The van der Waals surface area contributed by atoms with E-state index < -0.39 is 0 Å². The zero-order chi connectivity index (χ0) is 21.1. The molecule has 8 heteroatoms. The zero-order valence-electron chi connectivity index (χ0n) is 16.9. The number of hydrogen-bond acceptors (Lipinski definition) is 7. The Bertz CT molecular complexity index is 1010. The van der Waals surface area contributed by atoms with Crippen LogP contribution in [0.1, 0.15) is 49.3 Å². The number of amides is 1. The van der Waals surface area contributed by atoms with Crippen molar-refractivity contribution in [3.05, 3.63) is 53.0 Å². The van der Waals surface area contributed by atoms with Crippen molar-refractivity contribution in [2.24, 2.45) is 0 Å². The molecule has 1 aromatic heterocycles. The molecule has 2 heterocycles. The first kappa shape index (κ1) is 20.7. The molecule has 2 aromatic rings. The van der Waals surface area contributed by atoms with Crippen molar-refractivity contribution in [2.75, 3.05) is 5.32 Å². The zero-order valence-corrected chi connectivity index (χ0v) is 17.7. The van der Waals surface area contributed by atoms with Crippen molar-refractivity contribution >= 4 is 39.8 Å². The van der Waals surface area contributed by atoms with Crippen LogP contribution in [0.15, 0.2) is 41.1 Å². The van der Waals surface area contributed by atoms with Gasteiger partial charge in [0, 0.05) is 29.4 Å². The molecule has 0 radical (unpaired) electrons. The van der Waals surface area contributed by atoms with Gasteiger partial charge in [0.2, 0.25) is 0 Å². The second-order valence-corrected chi connectivity index (χ2v) is 8.16. The minimum absolute atomic E-state index is 0.0841. The fourth-order valence-corrected chi connectivity index (χ4v) is 3.90. The number of anilines is 1. The Balaban J connectivity index is 1.77. The van der Waals surface area contributed by atoms with Gasteiger partial charge < -0.3 is 16.0 Å². The normalized spacial score (nSPS) is 14.6. The number of hydrogen-bond donors (Lipinski definition) is 4. The molecule has 4 N–H and O–H groups in total. The molecule has 0 fully saturated rings. The lowest BCUT2D eigenvalue weighted by molar-refractivity contribution is 0.0943. The quantitative estimate of drug-likeness (QED) is 0.537. The number of rotatable bonds is 6. The number of fused-ring (bicyclic) bond motifs is 1. The highest BCUT2D eigenvalue weighted by Crippen LogP contribution is 2.44. The van der Waals surface area contributed by atoms with Crippen LogP contribution in [0.25, 0.3) is 5.57 Å². The van der Waals surface area contributed by atoms with Crippen molar-refractivity contribution in [1.82, 2.24) is 15.3 Å². The van der Waals surface area contributed by atoms with Gasteiger partial charge >= 0.3 is 0 Å². The van der Waals surface area contributed by atoms with Gasteiger partial charge in [-0.3, -0.25) is 10.2 Å². The Labute approximate surface area is 174 Å². The van der Waals surface area contributed by atoms with E-state index in [1.165, 1.54) is 18.1 Å². The van der Waals surface area contributed by atoms with Crippen LogP contribution >= 0.6 is 11.8 Å². The number of thioether (sulfide) groups is 1. The van der Waals surface area contributed by atoms with Crippen molar-refractivity contribution in [3.63, 3.8) is 0 Å². The van der Waals surface area contributed by atoms with Crippen molar-refractivity contribution in [2.45, 2.75) is 45.2 Å². The predicted molar refractivity (Wildman–Crippen MR) is 118 cm³/mol. The molecule has 3 rings (SSSR count). The molecule has 0 aliphatic carbocycles. The maximum Gasteiger partial charge on any atom is 0.251 e. The Morgan fingerprint density at radius 2 is 1.86 bits per heavy atom. The lowest BCUT2D eigenvalue weighted by Crippen LogP contribution is -2.30. The fraction of sp³-hybridized carbons (Fsp3) is 0.286. The van der Waals surface area contributed by atoms with Gasteiger partial charge in [0.15, 0.2) is 0 Å². The van der Waals surface area contributed by atoms with Gasteiger partial charge in [-0.1, -0.05) is 23.9 Å². The maximum atomic E-state index is 12.1. The molecule has 0 unspecified atom stereocenters. The average Bonchev–Trinajstić information content (AvgIpc) is 3.01. The van der Waals surface area contributed by atoms with Crippen LogP contribution in [0, 0.1) is 10.8 Å². The van der Waals surface area contributed by atoms with Crippen LogP contribution in [0.2, 0.25) is 0 Å². The van der Waals surface area contributed by atoms with Crippen molar-refractivity contribution in [1.29, 1.82) is 10.8 Å². The van der Waals surface area contributed by atoms with E-state index in [0.717, 1.165) is 16.0 Å². The summed E-state index contributed by atoms with van der Waals surface area (Å²) in [6.07, 6.45) is 1.48. The highest BCUT2D eigenvalue weighted by Gasteiger charge is 2.29. The Hall–Kier alpha value is -3.00. The third-order valence-corrected chi connectivity index (χ3v) is 5.50. The lowest BCUT2D eigenvalue weighted by Gasteiger charge is -2.11. The van der Waals surface area contributed by atoms with Crippen LogP contribution in [-0.2, 0) is 6.54 Å². The summed E-state index contributed by atoms with van der Waals surface area (Å²) in [6.45, 7) is 7.95. The number of carbonyl (C=O) groups is 1. The van der Waals surface area contributed by atoms with E-state index in [4.69, 9.17) is 10.8 Å². The van der Waals surface area contributed by atoms with Gasteiger partial charge in [0.1, 0.15) is 17.2 Å². The SMILES string of the molecule is CC(=N)/C(C)=C1\C(=N)Sc2c(NCc3ccc(C(=O)NC(C)C)cc3)ncnc21. The minimum atomic E-state index is -0.0841. The maximum absolute atomic E-state index is 12.1. The summed E-state index contributed by atoms with van der Waals surface area (Å²) in [5, 5.41) is 22.7. The van der Waals surface area contributed by atoms with Gasteiger partial charge in [0.25, 0.3) is 5.91 Å². The van der Waals surface area contributed by atoms with Gasteiger partial charge in [-0.15, -0.1) is 0 Å². The third-order valence-electron chi connectivity index (χ3n) is 4.51. The molecule has 0 spiro atoms. The number of nitrogens with zero attached hydrogens (tertiary/aromatic N) is 2. The smallest absolute Gasteiger partial charge is 0.251 e. The Morgan fingerprint density at radius 3 is 2.48 bits per heavy atom. The summed E-state index contributed by atoms with van der Waals surface area (Å²) in [4.78, 5) is 21.5. The molecule has 0 saturated carbocycles. The predicted octanol–water partition coefficient (Wildman–Crippen LogP) is 4.12. The number of aromatic nitrogens is 2. The summed E-state index contributed by atoms with van der Waals surface area (Å²) in [7, 11) is 0. The molecule has 1 amide bonds. The van der Waals surface area contributed by atoms with Crippen LogP contribution < -0.4 is 10.6 Å². The number of benzene rings is 1. The molecular formula is C21H24N6OS. The summed E-state index contributed by atoms with van der Waals surface area (Å²) in [5.74, 6) is 0.580. The van der Waals surface area contributed by atoms with Gasteiger partial charge in [-0.05, 0) is 51.0 Å². The average molecular weight is 409 g/mol. The van der Waals surface area contributed by atoms with Gasteiger partial charge in [-0.25, -0.2) is 9.97 Å². The molecule has 29 heavy (non-hydrogen) atoms. The van der Waals surface area contributed by atoms with Crippen molar-refractivity contribution < 1.29 is 4.79 Å². The van der Waals surface area contributed by atoms with Crippen molar-refractivity contribution in [3.8, 4) is 0 Å². The fourth-order valence-electron chi connectivity index (χ4n) is 2.88. The Morgan fingerprint density at radius 1 is 1.17 bits per heavy atom. The van der Waals surface area contributed by atoms with Crippen LogP contribution in [0.5, 0.6) is 0 Å². The third kappa shape index (κ3) is 4.54. The summed E-state index contributed by atoms with van der Waals surface area (Å²) in [6, 6.07) is 7.53. The molecule has 1 aliphatic heterocycles. The van der Waals surface area contributed by atoms with Gasteiger partial charge in [0.05, 0.1) is 10.6 Å². The number of allylic oxidation sites excluding steroid dienone is 1. The molecule has 0 saturated heterocycles. The topological polar surface area (TPSA) is 115 Å². The summed E-state index contributed by atoms with van der Waals surface area (Å²) in [5.41, 5.74) is 4.21. The van der Waals surface area contributed by atoms with E-state index in [9.17, 15) is 4.79 Å². The second kappa shape index (κ2) is 8.57. The summed E-state index contributed by atoms with van der Waals surface area (Å²) >= 11 is 1.31. The van der Waals surface area contributed by atoms with Crippen LogP contribution in [-0.4, -0.2) is 32.7 Å². The van der Waals surface area contributed by atoms with E-state index in [0.29, 0.717) is 39.9 Å². The van der Waals surface area contributed by atoms with E-state index in [1.54, 1.807) is 19.1 Å².